The van der Waals surface area contributed by atoms with E-state index in [0.29, 0.717) is 0 Å². The third-order valence-electron chi connectivity index (χ3n) is 2.80. The van der Waals surface area contributed by atoms with E-state index < -0.39 is 0 Å². The van der Waals surface area contributed by atoms with Crippen LogP contribution in [0.3, 0.4) is 0 Å². The van der Waals surface area contributed by atoms with Gasteiger partial charge in [0, 0.05) is 28.2 Å². The van der Waals surface area contributed by atoms with E-state index in [1.54, 1.807) is 18.0 Å². The normalized spacial score (nSPS) is 11.7. The fourth-order valence-corrected chi connectivity index (χ4v) is 3.44. The van der Waals surface area contributed by atoms with Gasteiger partial charge in [-0.1, -0.05) is 29.4 Å². The van der Waals surface area contributed by atoms with Crippen LogP contribution < -0.4 is 5.32 Å². The predicted octanol–water partition coefficient (Wildman–Crippen LogP) is 5.54. The molecule has 0 bridgehead atoms. The van der Waals surface area contributed by atoms with Crippen LogP contribution in [0, 0.1) is 0 Å². The maximum absolute atomic E-state index is 6.38. The summed E-state index contributed by atoms with van der Waals surface area (Å²) < 4.78 is 0.990. The predicted molar refractivity (Wildman–Crippen MR) is 94.1 cm³/mol. The second-order valence-corrected chi connectivity index (χ2v) is 8.00. The molecule has 0 fully saturated rings. The van der Waals surface area contributed by atoms with Gasteiger partial charge < -0.3 is 5.32 Å². The van der Waals surface area contributed by atoms with E-state index in [2.05, 4.69) is 53.1 Å². The van der Waals surface area contributed by atoms with Crippen molar-refractivity contribution in [3.8, 4) is 0 Å². The van der Waals surface area contributed by atoms with Crippen LogP contribution in [-0.2, 0) is 6.54 Å². The van der Waals surface area contributed by atoms with Crippen LogP contribution in [0.4, 0.5) is 0 Å². The maximum atomic E-state index is 6.38. The Labute approximate surface area is 143 Å². The van der Waals surface area contributed by atoms with Crippen LogP contribution in [0.25, 0.3) is 0 Å². The minimum Gasteiger partial charge on any atom is -0.308 e. The lowest BCUT2D eigenvalue weighted by Gasteiger charge is -2.22. The molecule has 0 saturated carbocycles. The van der Waals surface area contributed by atoms with Crippen LogP contribution in [0.1, 0.15) is 26.3 Å². The highest BCUT2D eigenvalue weighted by molar-refractivity contribution is 9.10. The first-order chi connectivity index (χ1) is 9.87. The summed E-state index contributed by atoms with van der Waals surface area (Å²) in [5.41, 5.74) is 1.16. The molecule has 2 rings (SSSR count). The number of nitrogens with one attached hydrogen (secondary N) is 1. The van der Waals surface area contributed by atoms with E-state index >= 15 is 0 Å². The number of benzene rings is 1. The first kappa shape index (κ1) is 16.8. The van der Waals surface area contributed by atoms with E-state index in [0.717, 1.165) is 31.5 Å². The summed E-state index contributed by atoms with van der Waals surface area (Å²) in [6.45, 7) is 7.17. The number of pyridine rings is 1. The molecule has 1 aromatic carbocycles. The number of nitrogens with zero attached hydrogens (tertiary/aromatic N) is 1. The van der Waals surface area contributed by atoms with E-state index in [1.807, 2.05) is 24.3 Å². The third-order valence-corrected chi connectivity index (χ3v) is 5.18. The van der Waals surface area contributed by atoms with Gasteiger partial charge in [-0.25, -0.2) is 4.98 Å². The lowest BCUT2D eigenvalue weighted by molar-refractivity contribution is 0.422. The van der Waals surface area contributed by atoms with Gasteiger partial charge in [-0.15, -0.1) is 0 Å². The second-order valence-electron chi connectivity index (χ2n) is 5.71. The van der Waals surface area contributed by atoms with E-state index in [4.69, 9.17) is 11.6 Å². The maximum Gasteiger partial charge on any atom is 0.115 e. The number of halogens is 2. The molecule has 112 valence electrons. The summed E-state index contributed by atoms with van der Waals surface area (Å²) in [5.74, 6) is 0. The molecule has 0 unspecified atom stereocenters. The first-order valence-electron chi connectivity index (χ1n) is 6.67. The molecular formula is C16H18BrClN2S. The minimum atomic E-state index is 0.0483. The van der Waals surface area contributed by atoms with Crippen molar-refractivity contribution in [1.82, 2.24) is 10.3 Å². The van der Waals surface area contributed by atoms with Crippen LogP contribution >= 0.6 is 39.3 Å². The fraction of sp³-hybridized carbons (Fsp3) is 0.312. The van der Waals surface area contributed by atoms with Gasteiger partial charge in [0.2, 0.25) is 0 Å². The van der Waals surface area contributed by atoms with Crippen LogP contribution in [0.15, 0.2) is 50.9 Å². The molecule has 5 heteroatoms. The van der Waals surface area contributed by atoms with Gasteiger partial charge >= 0.3 is 0 Å². The third kappa shape index (κ3) is 4.99. The molecule has 0 atom stereocenters. The van der Waals surface area contributed by atoms with Gasteiger partial charge in [0.1, 0.15) is 5.03 Å². The van der Waals surface area contributed by atoms with Gasteiger partial charge in [-0.05, 0) is 66.5 Å². The molecule has 0 aliphatic rings. The minimum absolute atomic E-state index is 0.0483. The van der Waals surface area contributed by atoms with Gasteiger partial charge in [-0.3, -0.25) is 0 Å². The quantitative estimate of drug-likeness (QED) is 0.748. The zero-order valence-corrected chi connectivity index (χ0v) is 15.4. The smallest absolute Gasteiger partial charge is 0.115 e. The number of hydrogen-bond acceptors (Lipinski definition) is 3. The highest BCUT2D eigenvalue weighted by atomic mass is 79.9. The van der Waals surface area contributed by atoms with Crippen molar-refractivity contribution >= 4 is 39.3 Å². The summed E-state index contributed by atoms with van der Waals surface area (Å²) in [6, 6.07) is 9.89. The summed E-state index contributed by atoms with van der Waals surface area (Å²) in [5, 5.41) is 5.21. The largest absolute Gasteiger partial charge is 0.308 e. The van der Waals surface area contributed by atoms with Crippen molar-refractivity contribution in [1.29, 1.82) is 0 Å². The topological polar surface area (TPSA) is 24.9 Å². The van der Waals surface area contributed by atoms with E-state index in [9.17, 15) is 0 Å². The molecule has 0 radical (unpaired) electrons. The molecule has 0 saturated heterocycles. The molecule has 2 nitrogen and oxygen atoms in total. The second kappa shape index (κ2) is 7.14. The molecule has 2 aromatic rings. The zero-order valence-electron chi connectivity index (χ0n) is 12.3. The zero-order chi connectivity index (χ0) is 15.5. The van der Waals surface area contributed by atoms with Crippen LogP contribution in [0.2, 0.25) is 5.02 Å². The first-order valence-corrected chi connectivity index (χ1v) is 8.66. The standard InChI is InChI=1S/C16H18BrClN2S/c1-16(2,3)20-10-11-13(18)7-4-8-14(11)21-15-12(17)6-5-9-19-15/h4-9,20H,10H2,1-3H3. The van der Waals surface area contributed by atoms with Crippen molar-refractivity contribution in [3.63, 3.8) is 0 Å². The molecule has 1 aromatic heterocycles. The van der Waals surface area contributed by atoms with Gasteiger partial charge in [0.15, 0.2) is 0 Å². The highest BCUT2D eigenvalue weighted by Gasteiger charge is 2.14. The van der Waals surface area contributed by atoms with Crippen molar-refractivity contribution in [2.24, 2.45) is 0 Å². The van der Waals surface area contributed by atoms with Crippen LogP contribution in [0.5, 0.6) is 0 Å². The average molecular weight is 386 g/mol. The molecule has 1 N–H and O–H groups in total. The Morgan fingerprint density at radius 3 is 2.67 bits per heavy atom. The Kier molecular flexibility index (Phi) is 5.72. The number of aromatic nitrogens is 1. The Balaban J connectivity index is 2.27. The highest BCUT2D eigenvalue weighted by Crippen LogP contribution is 2.36. The molecule has 0 aliphatic carbocycles. The summed E-state index contributed by atoms with van der Waals surface area (Å²) in [6.07, 6.45) is 1.80. The number of hydrogen-bond donors (Lipinski definition) is 1. The van der Waals surface area contributed by atoms with E-state index in [1.165, 1.54) is 0 Å². The van der Waals surface area contributed by atoms with Crippen molar-refractivity contribution in [2.45, 2.75) is 42.8 Å². The van der Waals surface area contributed by atoms with Crippen molar-refractivity contribution in [3.05, 3.63) is 51.6 Å². The van der Waals surface area contributed by atoms with Crippen molar-refractivity contribution < 1.29 is 0 Å². The lowest BCUT2D eigenvalue weighted by Crippen LogP contribution is -2.35. The Hall–Kier alpha value is -0.550. The molecular weight excluding hydrogens is 368 g/mol. The summed E-state index contributed by atoms with van der Waals surface area (Å²) in [7, 11) is 0. The van der Waals surface area contributed by atoms with Gasteiger partial charge in [0.05, 0.1) is 4.47 Å². The van der Waals surface area contributed by atoms with Crippen molar-refractivity contribution in [2.75, 3.05) is 0 Å². The molecule has 0 spiro atoms. The Morgan fingerprint density at radius 1 is 1.24 bits per heavy atom. The SMILES string of the molecule is CC(C)(C)NCc1c(Cl)cccc1Sc1ncccc1Br. The van der Waals surface area contributed by atoms with Gasteiger partial charge in [0.25, 0.3) is 0 Å². The van der Waals surface area contributed by atoms with E-state index in [-0.39, 0.29) is 5.54 Å². The molecule has 0 aliphatic heterocycles. The molecule has 21 heavy (non-hydrogen) atoms. The Morgan fingerprint density at radius 2 is 2.00 bits per heavy atom. The Bertz CT molecular complexity index is 626. The molecule has 0 amide bonds. The lowest BCUT2D eigenvalue weighted by atomic mass is 10.1. The summed E-state index contributed by atoms with van der Waals surface area (Å²) >= 11 is 11.5. The number of rotatable bonds is 4. The monoisotopic (exact) mass is 384 g/mol. The molecule has 1 heterocycles. The average Bonchev–Trinajstić information content (AvgIpc) is 2.39. The fourth-order valence-electron chi connectivity index (χ4n) is 1.71. The van der Waals surface area contributed by atoms with Gasteiger partial charge in [-0.2, -0.15) is 0 Å². The van der Waals surface area contributed by atoms with Crippen LogP contribution in [-0.4, -0.2) is 10.5 Å². The summed E-state index contributed by atoms with van der Waals surface area (Å²) in [4.78, 5) is 5.53.